The Labute approximate surface area is 175 Å². The molecule has 0 bridgehead atoms. The number of rotatable bonds is 8. The van der Waals surface area contributed by atoms with Gasteiger partial charge >= 0.3 is 0 Å². The Bertz CT molecular complexity index is 961. The van der Waals surface area contributed by atoms with Gasteiger partial charge in [-0.15, -0.1) is 11.3 Å². The molecule has 0 aliphatic carbocycles. The zero-order valence-corrected chi connectivity index (χ0v) is 18.4. The summed E-state index contributed by atoms with van der Waals surface area (Å²) in [5, 5.41) is 2.99. The van der Waals surface area contributed by atoms with Crippen molar-refractivity contribution in [1.82, 2.24) is 19.9 Å². The van der Waals surface area contributed by atoms with Gasteiger partial charge in [-0.05, 0) is 44.7 Å². The molecular formula is C21H27ClN4OS. The molecule has 0 saturated heterocycles. The summed E-state index contributed by atoms with van der Waals surface area (Å²) in [5.74, 6) is 1.37. The molecule has 150 valence electrons. The molecule has 1 amide bonds. The molecule has 28 heavy (non-hydrogen) atoms. The SMILES string of the molecule is CC(C)Cc1sc(Cl)nc1C(=O)NCCCc1nc2ccccc2n1C(C)C. The minimum absolute atomic E-state index is 0.142. The standard InChI is InChI=1S/C21H27ClN4OS/c1-13(2)12-17-19(25-21(22)28-17)20(27)23-11-7-10-18-24-15-8-5-6-9-16(15)26(18)14(3)4/h5-6,8-9,13-14H,7,10-12H2,1-4H3,(H,23,27). The van der Waals surface area contributed by atoms with Crippen molar-refractivity contribution < 1.29 is 4.79 Å². The zero-order valence-electron chi connectivity index (χ0n) is 16.8. The normalized spacial score (nSPS) is 11.7. The number of hydrogen-bond acceptors (Lipinski definition) is 4. The number of thiazole rings is 1. The number of aryl methyl sites for hydroxylation is 1. The predicted octanol–water partition coefficient (Wildman–Crippen LogP) is 5.29. The maximum atomic E-state index is 12.5. The Kier molecular flexibility index (Phi) is 6.73. The van der Waals surface area contributed by atoms with Crippen LogP contribution in [0.4, 0.5) is 0 Å². The van der Waals surface area contributed by atoms with Crippen LogP contribution in [0, 0.1) is 5.92 Å². The van der Waals surface area contributed by atoms with E-state index in [0.29, 0.717) is 28.7 Å². The van der Waals surface area contributed by atoms with E-state index in [1.807, 2.05) is 18.2 Å². The van der Waals surface area contributed by atoms with Crippen LogP contribution < -0.4 is 5.32 Å². The summed E-state index contributed by atoms with van der Waals surface area (Å²) >= 11 is 7.43. The molecule has 2 heterocycles. The summed E-state index contributed by atoms with van der Waals surface area (Å²) in [7, 11) is 0. The molecule has 3 rings (SSSR count). The Morgan fingerprint density at radius 2 is 1.96 bits per heavy atom. The Morgan fingerprint density at radius 1 is 1.21 bits per heavy atom. The topological polar surface area (TPSA) is 59.8 Å². The lowest BCUT2D eigenvalue weighted by Crippen LogP contribution is -2.26. The van der Waals surface area contributed by atoms with Gasteiger partial charge in [-0.25, -0.2) is 9.97 Å². The molecule has 1 aromatic carbocycles. The van der Waals surface area contributed by atoms with Crippen molar-refractivity contribution in [3.63, 3.8) is 0 Å². The van der Waals surface area contributed by atoms with Crippen LogP contribution in [-0.2, 0) is 12.8 Å². The first-order chi connectivity index (χ1) is 13.4. The molecule has 0 aliphatic heterocycles. The Balaban J connectivity index is 1.62. The van der Waals surface area contributed by atoms with Crippen LogP contribution in [0.1, 0.15) is 61.3 Å². The van der Waals surface area contributed by atoms with Crippen molar-refractivity contribution in [3.05, 3.63) is 45.1 Å². The second-order valence-corrected chi connectivity index (χ2v) is 9.34. The first kappa shape index (κ1) is 20.8. The van der Waals surface area contributed by atoms with E-state index >= 15 is 0 Å². The van der Waals surface area contributed by atoms with Crippen molar-refractivity contribution in [3.8, 4) is 0 Å². The third-order valence-corrected chi connectivity index (χ3v) is 5.71. The zero-order chi connectivity index (χ0) is 20.3. The van der Waals surface area contributed by atoms with E-state index in [1.165, 1.54) is 11.3 Å². The molecule has 0 radical (unpaired) electrons. The number of para-hydroxylation sites is 2. The maximum absolute atomic E-state index is 12.5. The van der Waals surface area contributed by atoms with Crippen molar-refractivity contribution in [2.24, 2.45) is 5.92 Å². The molecule has 7 heteroatoms. The lowest BCUT2D eigenvalue weighted by molar-refractivity contribution is 0.0948. The van der Waals surface area contributed by atoms with Crippen molar-refractivity contribution in [2.45, 2.75) is 53.0 Å². The fraction of sp³-hybridized carbons (Fsp3) is 0.476. The number of imidazole rings is 1. The summed E-state index contributed by atoms with van der Waals surface area (Å²) < 4.78 is 2.70. The van der Waals surface area contributed by atoms with Gasteiger partial charge in [-0.3, -0.25) is 4.79 Å². The number of nitrogens with one attached hydrogen (secondary N) is 1. The van der Waals surface area contributed by atoms with E-state index in [0.717, 1.165) is 41.0 Å². The minimum Gasteiger partial charge on any atom is -0.351 e. The van der Waals surface area contributed by atoms with Crippen LogP contribution >= 0.6 is 22.9 Å². The van der Waals surface area contributed by atoms with Crippen LogP contribution in [0.15, 0.2) is 24.3 Å². The Hall–Kier alpha value is -1.92. The van der Waals surface area contributed by atoms with Gasteiger partial charge in [0.05, 0.1) is 11.0 Å². The first-order valence-corrected chi connectivity index (χ1v) is 11.0. The highest BCUT2D eigenvalue weighted by molar-refractivity contribution is 7.16. The number of aromatic nitrogens is 3. The predicted molar refractivity (Wildman–Crippen MR) is 116 cm³/mol. The van der Waals surface area contributed by atoms with Gasteiger partial charge in [0.1, 0.15) is 11.5 Å². The van der Waals surface area contributed by atoms with E-state index in [-0.39, 0.29) is 5.91 Å². The van der Waals surface area contributed by atoms with E-state index < -0.39 is 0 Å². The van der Waals surface area contributed by atoms with Crippen LogP contribution in [0.25, 0.3) is 11.0 Å². The summed E-state index contributed by atoms with van der Waals surface area (Å²) in [5.41, 5.74) is 2.65. The lowest BCUT2D eigenvalue weighted by Gasteiger charge is -2.13. The van der Waals surface area contributed by atoms with Crippen LogP contribution in [-0.4, -0.2) is 27.0 Å². The Morgan fingerprint density at radius 3 is 2.68 bits per heavy atom. The summed E-state index contributed by atoms with van der Waals surface area (Å²) in [6, 6.07) is 8.54. The summed E-state index contributed by atoms with van der Waals surface area (Å²) in [6.07, 6.45) is 2.44. The van der Waals surface area contributed by atoms with E-state index in [2.05, 4.69) is 48.6 Å². The summed E-state index contributed by atoms with van der Waals surface area (Å²) in [6.45, 7) is 9.16. The van der Waals surface area contributed by atoms with Crippen LogP contribution in [0.2, 0.25) is 4.47 Å². The number of fused-ring (bicyclic) bond motifs is 1. The molecular weight excluding hydrogens is 392 g/mol. The lowest BCUT2D eigenvalue weighted by atomic mass is 10.1. The van der Waals surface area contributed by atoms with Crippen molar-refractivity contribution in [2.75, 3.05) is 6.54 Å². The first-order valence-electron chi connectivity index (χ1n) is 9.76. The smallest absolute Gasteiger partial charge is 0.271 e. The molecule has 0 unspecified atom stereocenters. The van der Waals surface area contributed by atoms with E-state index in [9.17, 15) is 4.79 Å². The fourth-order valence-corrected chi connectivity index (χ4v) is 4.74. The summed E-state index contributed by atoms with van der Waals surface area (Å²) in [4.78, 5) is 22.5. The van der Waals surface area contributed by atoms with E-state index in [4.69, 9.17) is 16.6 Å². The average Bonchev–Trinajstić information content (AvgIpc) is 3.17. The highest BCUT2D eigenvalue weighted by Crippen LogP contribution is 2.25. The third kappa shape index (κ3) is 4.73. The monoisotopic (exact) mass is 418 g/mol. The number of carbonyl (C=O) groups excluding carboxylic acids is 1. The highest BCUT2D eigenvalue weighted by Gasteiger charge is 2.18. The molecule has 0 fully saturated rings. The van der Waals surface area contributed by atoms with Gasteiger partial charge < -0.3 is 9.88 Å². The molecule has 0 atom stereocenters. The van der Waals surface area contributed by atoms with Gasteiger partial charge in [-0.1, -0.05) is 37.6 Å². The second-order valence-electron chi connectivity index (χ2n) is 7.68. The van der Waals surface area contributed by atoms with Gasteiger partial charge in [0, 0.05) is 23.9 Å². The van der Waals surface area contributed by atoms with Gasteiger partial charge in [0.15, 0.2) is 4.47 Å². The molecule has 0 aliphatic rings. The number of halogens is 1. The number of amides is 1. The molecule has 2 aromatic heterocycles. The van der Waals surface area contributed by atoms with Crippen LogP contribution in [0.5, 0.6) is 0 Å². The molecule has 1 N–H and O–H groups in total. The average molecular weight is 419 g/mol. The second kappa shape index (κ2) is 9.05. The van der Waals surface area contributed by atoms with Gasteiger partial charge in [0.2, 0.25) is 0 Å². The number of benzene rings is 1. The van der Waals surface area contributed by atoms with Crippen LogP contribution in [0.3, 0.4) is 0 Å². The fourth-order valence-electron chi connectivity index (χ4n) is 3.39. The maximum Gasteiger partial charge on any atom is 0.271 e. The minimum atomic E-state index is -0.142. The number of hydrogen-bond donors (Lipinski definition) is 1. The van der Waals surface area contributed by atoms with Crippen molar-refractivity contribution in [1.29, 1.82) is 0 Å². The quantitative estimate of drug-likeness (QED) is 0.505. The number of carbonyl (C=O) groups is 1. The molecule has 5 nitrogen and oxygen atoms in total. The third-order valence-electron chi connectivity index (χ3n) is 4.53. The molecule has 0 spiro atoms. The molecule has 3 aromatic rings. The largest absolute Gasteiger partial charge is 0.351 e. The number of nitrogens with zero attached hydrogens (tertiary/aromatic N) is 3. The van der Waals surface area contributed by atoms with Gasteiger partial charge in [-0.2, -0.15) is 0 Å². The molecule has 0 saturated carbocycles. The van der Waals surface area contributed by atoms with Gasteiger partial charge in [0.25, 0.3) is 5.91 Å². The van der Waals surface area contributed by atoms with E-state index in [1.54, 1.807) is 0 Å². The highest BCUT2D eigenvalue weighted by atomic mass is 35.5. The van der Waals surface area contributed by atoms with Crippen molar-refractivity contribution >= 4 is 39.9 Å².